The number of aryl methyl sites for hydroxylation is 1. The first-order valence-corrected chi connectivity index (χ1v) is 7.55. The average molecular weight is 300 g/mol. The summed E-state index contributed by atoms with van der Waals surface area (Å²) < 4.78 is 6.00. The summed E-state index contributed by atoms with van der Waals surface area (Å²) in [4.78, 5) is 0. The molecule has 0 spiro atoms. The van der Waals surface area contributed by atoms with Gasteiger partial charge in [0.05, 0.1) is 0 Å². The second kappa shape index (κ2) is 5.92. The lowest BCUT2D eigenvalue weighted by Crippen LogP contribution is -2.12. The molecular formula is C18H18ClNO. The Kier molecular flexibility index (Phi) is 4.00. The highest BCUT2D eigenvalue weighted by molar-refractivity contribution is 6.31. The van der Waals surface area contributed by atoms with Crippen molar-refractivity contribution in [3.63, 3.8) is 0 Å². The molecule has 108 valence electrons. The number of rotatable bonds is 4. The Labute approximate surface area is 129 Å². The summed E-state index contributed by atoms with van der Waals surface area (Å²) in [7, 11) is 0. The molecule has 2 aromatic carbocycles. The van der Waals surface area contributed by atoms with Gasteiger partial charge in [-0.25, -0.2) is 0 Å². The first kappa shape index (κ1) is 14.2. The molecule has 0 aliphatic rings. The summed E-state index contributed by atoms with van der Waals surface area (Å²) in [6, 6.07) is 14.2. The summed E-state index contributed by atoms with van der Waals surface area (Å²) in [6.07, 6.45) is 0. The van der Waals surface area contributed by atoms with Gasteiger partial charge < -0.3 is 9.73 Å². The predicted molar refractivity (Wildman–Crippen MR) is 88.8 cm³/mol. The zero-order chi connectivity index (χ0) is 14.8. The van der Waals surface area contributed by atoms with Gasteiger partial charge in [0.1, 0.15) is 11.3 Å². The molecule has 0 atom stereocenters. The zero-order valence-corrected chi connectivity index (χ0v) is 13.0. The van der Waals surface area contributed by atoms with E-state index in [2.05, 4.69) is 43.4 Å². The van der Waals surface area contributed by atoms with E-state index in [9.17, 15) is 0 Å². The van der Waals surface area contributed by atoms with Crippen molar-refractivity contribution in [2.45, 2.75) is 20.4 Å². The van der Waals surface area contributed by atoms with Gasteiger partial charge in [-0.15, -0.1) is 0 Å². The Morgan fingerprint density at radius 3 is 2.76 bits per heavy atom. The van der Waals surface area contributed by atoms with Crippen LogP contribution in [0.3, 0.4) is 0 Å². The third-order valence-electron chi connectivity index (χ3n) is 3.57. The van der Waals surface area contributed by atoms with Crippen LogP contribution in [0.2, 0.25) is 5.02 Å². The lowest BCUT2D eigenvalue weighted by Gasteiger charge is -2.09. The molecule has 3 heteroatoms. The smallest absolute Gasteiger partial charge is 0.135 e. The molecule has 0 amide bonds. The maximum Gasteiger partial charge on any atom is 0.135 e. The molecule has 0 saturated heterocycles. The van der Waals surface area contributed by atoms with Crippen molar-refractivity contribution in [3.8, 4) is 11.3 Å². The molecule has 0 aliphatic heterocycles. The van der Waals surface area contributed by atoms with Crippen LogP contribution in [-0.4, -0.2) is 6.54 Å². The summed E-state index contributed by atoms with van der Waals surface area (Å²) >= 11 is 6.05. The Morgan fingerprint density at radius 1 is 1.10 bits per heavy atom. The second-order valence-electron chi connectivity index (χ2n) is 5.23. The van der Waals surface area contributed by atoms with Crippen molar-refractivity contribution in [2.24, 2.45) is 0 Å². The molecule has 21 heavy (non-hydrogen) atoms. The number of hydrogen-bond acceptors (Lipinski definition) is 2. The maximum absolute atomic E-state index is 6.05. The van der Waals surface area contributed by atoms with Gasteiger partial charge in [0, 0.05) is 22.5 Å². The molecule has 0 fully saturated rings. The van der Waals surface area contributed by atoms with Crippen molar-refractivity contribution < 1.29 is 4.42 Å². The number of furan rings is 1. The van der Waals surface area contributed by atoms with Gasteiger partial charge in [-0.2, -0.15) is 0 Å². The van der Waals surface area contributed by atoms with E-state index in [4.69, 9.17) is 16.0 Å². The van der Waals surface area contributed by atoms with Crippen LogP contribution in [0.15, 0.2) is 46.9 Å². The lowest BCUT2D eigenvalue weighted by atomic mass is 10.0. The highest BCUT2D eigenvalue weighted by Gasteiger charge is 2.11. The lowest BCUT2D eigenvalue weighted by molar-refractivity contribution is 0.628. The number of fused-ring (bicyclic) bond motifs is 1. The van der Waals surface area contributed by atoms with Crippen LogP contribution in [0, 0.1) is 6.92 Å². The van der Waals surface area contributed by atoms with Gasteiger partial charge >= 0.3 is 0 Å². The van der Waals surface area contributed by atoms with Crippen LogP contribution >= 0.6 is 11.6 Å². The SMILES string of the molecule is CCNCc1ccc(C)cc1-c1cc2cc(Cl)ccc2o1. The molecule has 3 aromatic rings. The minimum absolute atomic E-state index is 0.729. The minimum atomic E-state index is 0.729. The van der Waals surface area contributed by atoms with Crippen molar-refractivity contribution in [2.75, 3.05) is 6.54 Å². The molecule has 0 unspecified atom stereocenters. The molecule has 0 saturated carbocycles. The van der Waals surface area contributed by atoms with Gasteiger partial charge in [-0.3, -0.25) is 0 Å². The van der Waals surface area contributed by atoms with Crippen molar-refractivity contribution in [1.29, 1.82) is 0 Å². The first-order chi connectivity index (χ1) is 10.2. The number of benzene rings is 2. The Balaban J connectivity index is 2.10. The fourth-order valence-electron chi connectivity index (χ4n) is 2.48. The molecule has 1 N–H and O–H groups in total. The van der Waals surface area contributed by atoms with E-state index < -0.39 is 0 Å². The van der Waals surface area contributed by atoms with Gasteiger partial charge in [0.25, 0.3) is 0 Å². The van der Waals surface area contributed by atoms with Gasteiger partial charge in [0.15, 0.2) is 0 Å². The summed E-state index contributed by atoms with van der Waals surface area (Å²) in [5.41, 5.74) is 4.48. The molecule has 3 rings (SSSR count). The van der Waals surface area contributed by atoms with E-state index in [0.717, 1.165) is 40.4 Å². The van der Waals surface area contributed by atoms with E-state index in [1.165, 1.54) is 11.1 Å². The molecule has 0 bridgehead atoms. The average Bonchev–Trinajstić information content (AvgIpc) is 2.88. The second-order valence-corrected chi connectivity index (χ2v) is 5.67. The molecule has 0 radical (unpaired) electrons. The van der Waals surface area contributed by atoms with Gasteiger partial charge in [-0.1, -0.05) is 36.2 Å². The summed E-state index contributed by atoms with van der Waals surface area (Å²) in [5.74, 6) is 0.892. The van der Waals surface area contributed by atoms with E-state index in [-0.39, 0.29) is 0 Å². The Bertz CT molecular complexity index is 776. The topological polar surface area (TPSA) is 25.2 Å². The standard InChI is InChI=1S/C18H18ClNO/c1-3-20-11-13-5-4-12(2)8-16(13)18-10-14-9-15(19)6-7-17(14)21-18/h4-10,20H,3,11H2,1-2H3. The highest BCUT2D eigenvalue weighted by atomic mass is 35.5. The Morgan fingerprint density at radius 2 is 1.95 bits per heavy atom. The molecule has 2 nitrogen and oxygen atoms in total. The first-order valence-electron chi connectivity index (χ1n) is 7.17. The maximum atomic E-state index is 6.05. The third-order valence-corrected chi connectivity index (χ3v) is 3.81. The fraction of sp³-hybridized carbons (Fsp3) is 0.222. The van der Waals surface area contributed by atoms with Crippen LogP contribution in [-0.2, 0) is 6.54 Å². The largest absolute Gasteiger partial charge is 0.456 e. The molecule has 0 aliphatic carbocycles. The third kappa shape index (κ3) is 2.97. The van der Waals surface area contributed by atoms with Gasteiger partial charge in [0.2, 0.25) is 0 Å². The molecule has 1 aromatic heterocycles. The number of nitrogens with one attached hydrogen (secondary N) is 1. The summed E-state index contributed by atoms with van der Waals surface area (Å²) in [5, 5.41) is 5.14. The van der Waals surface area contributed by atoms with Crippen LogP contribution in [0.5, 0.6) is 0 Å². The van der Waals surface area contributed by atoms with E-state index in [0.29, 0.717) is 0 Å². The van der Waals surface area contributed by atoms with E-state index in [1.54, 1.807) is 0 Å². The van der Waals surface area contributed by atoms with Crippen LogP contribution in [0.1, 0.15) is 18.1 Å². The normalized spacial score (nSPS) is 11.2. The Hall–Kier alpha value is -1.77. The van der Waals surface area contributed by atoms with Crippen molar-refractivity contribution >= 4 is 22.6 Å². The zero-order valence-electron chi connectivity index (χ0n) is 12.2. The number of hydrogen-bond donors (Lipinski definition) is 1. The summed E-state index contributed by atoms with van der Waals surface area (Å²) in [6.45, 7) is 5.99. The molecule has 1 heterocycles. The fourth-order valence-corrected chi connectivity index (χ4v) is 2.66. The van der Waals surface area contributed by atoms with Crippen LogP contribution in [0.25, 0.3) is 22.3 Å². The van der Waals surface area contributed by atoms with Crippen LogP contribution in [0.4, 0.5) is 0 Å². The quantitative estimate of drug-likeness (QED) is 0.719. The van der Waals surface area contributed by atoms with Crippen molar-refractivity contribution in [1.82, 2.24) is 5.32 Å². The van der Waals surface area contributed by atoms with E-state index in [1.807, 2.05) is 18.2 Å². The van der Waals surface area contributed by atoms with Gasteiger partial charge in [-0.05, 0) is 49.4 Å². The highest BCUT2D eigenvalue weighted by Crippen LogP contribution is 2.32. The van der Waals surface area contributed by atoms with Crippen molar-refractivity contribution in [3.05, 3.63) is 58.6 Å². The van der Waals surface area contributed by atoms with E-state index >= 15 is 0 Å². The van der Waals surface area contributed by atoms with Crippen LogP contribution < -0.4 is 5.32 Å². The molecular weight excluding hydrogens is 282 g/mol. The predicted octanol–water partition coefficient (Wildman–Crippen LogP) is 5.17. The number of halogens is 1. The monoisotopic (exact) mass is 299 g/mol. The minimum Gasteiger partial charge on any atom is -0.456 e.